The van der Waals surface area contributed by atoms with E-state index in [4.69, 9.17) is 5.73 Å². The van der Waals surface area contributed by atoms with Gasteiger partial charge in [-0.2, -0.15) is 11.8 Å². The molecular formula is C10H14FNS. The third-order valence-corrected chi connectivity index (χ3v) is 2.73. The largest absolute Gasteiger partial charge is 0.330 e. The Hall–Kier alpha value is -0.540. The second kappa shape index (κ2) is 5.25. The van der Waals surface area contributed by atoms with E-state index in [9.17, 15) is 4.39 Å². The molecule has 0 bridgehead atoms. The van der Waals surface area contributed by atoms with Gasteiger partial charge >= 0.3 is 0 Å². The van der Waals surface area contributed by atoms with Crippen molar-refractivity contribution in [3.05, 3.63) is 35.6 Å². The van der Waals surface area contributed by atoms with E-state index < -0.39 is 0 Å². The molecule has 0 saturated carbocycles. The van der Waals surface area contributed by atoms with E-state index in [2.05, 4.69) is 0 Å². The molecule has 0 aliphatic rings. The zero-order chi connectivity index (χ0) is 9.68. The zero-order valence-electron chi connectivity index (χ0n) is 7.66. The fraction of sp³-hybridized carbons (Fsp3) is 0.400. The summed E-state index contributed by atoms with van der Waals surface area (Å²) in [6.07, 6.45) is 2.00. The Morgan fingerprint density at radius 2 is 2.15 bits per heavy atom. The summed E-state index contributed by atoms with van der Waals surface area (Å²) < 4.78 is 13.3. The maximum atomic E-state index is 13.3. The predicted octanol–water partition coefficient (Wildman–Crippen LogP) is 2.23. The van der Waals surface area contributed by atoms with Gasteiger partial charge in [-0.15, -0.1) is 0 Å². The molecule has 3 heteroatoms. The molecule has 0 heterocycles. The number of hydrogen-bond donors (Lipinski definition) is 1. The summed E-state index contributed by atoms with van der Waals surface area (Å²) in [6, 6.07) is 6.84. The smallest absolute Gasteiger partial charge is 0.126 e. The maximum Gasteiger partial charge on any atom is 0.126 e. The van der Waals surface area contributed by atoms with Crippen LogP contribution < -0.4 is 5.73 Å². The molecule has 0 saturated heterocycles. The second-order valence-corrected chi connectivity index (χ2v) is 3.82. The van der Waals surface area contributed by atoms with Crippen LogP contribution in [0, 0.1) is 5.82 Å². The molecule has 13 heavy (non-hydrogen) atoms. The second-order valence-electron chi connectivity index (χ2n) is 2.91. The molecule has 0 aliphatic heterocycles. The molecule has 1 unspecified atom stereocenters. The van der Waals surface area contributed by atoms with Gasteiger partial charge < -0.3 is 5.73 Å². The molecule has 0 aliphatic carbocycles. The van der Waals surface area contributed by atoms with E-state index in [0.717, 1.165) is 11.3 Å². The van der Waals surface area contributed by atoms with E-state index in [1.165, 1.54) is 6.07 Å². The lowest BCUT2D eigenvalue weighted by Gasteiger charge is -2.14. The highest BCUT2D eigenvalue weighted by atomic mass is 32.2. The van der Waals surface area contributed by atoms with Gasteiger partial charge in [0.25, 0.3) is 0 Å². The van der Waals surface area contributed by atoms with Crippen molar-refractivity contribution in [2.24, 2.45) is 5.73 Å². The number of nitrogens with two attached hydrogens (primary N) is 1. The highest BCUT2D eigenvalue weighted by Gasteiger charge is 2.12. The number of thioether (sulfide) groups is 1. The van der Waals surface area contributed by atoms with Gasteiger partial charge in [0.15, 0.2) is 0 Å². The van der Waals surface area contributed by atoms with Gasteiger partial charge in [0, 0.05) is 18.2 Å². The number of hydrogen-bond acceptors (Lipinski definition) is 2. The summed E-state index contributed by atoms with van der Waals surface area (Å²) in [5.41, 5.74) is 6.32. The van der Waals surface area contributed by atoms with E-state index in [-0.39, 0.29) is 11.7 Å². The first-order valence-electron chi connectivity index (χ1n) is 4.23. The van der Waals surface area contributed by atoms with Crippen molar-refractivity contribution in [2.75, 3.05) is 18.6 Å². The number of halogens is 1. The summed E-state index contributed by atoms with van der Waals surface area (Å²) in [5.74, 6) is 0.862. The Morgan fingerprint density at radius 1 is 1.46 bits per heavy atom. The van der Waals surface area contributed by atoms with E-state index in [0.29, 0.717) is 6.54 Å². The molecule has 72 valence electrons. The van der Waals surface area contributed by atoms with Crippen LogP contribution in [0.15, 0.2) is 24.3 Å². The van der Waals surface area contributed by atoms with Gasteiger partial charge in [0.1, 0.15) is 5.82 Å². The maximum absolute atomic E-state index is 13.3. The molecule has 1 rings (SSSR count). The van der Waals surface area contributed by atoms with Gasteiger partial charge in [0.2, 0.25) is 0 Å². The number of rotatable bonds is 4. The topological polar surface area (TPSA) is 26.0 Å². The quantitative estimate of drug-likeness (QED) is 0.804. The van der Waals surface area contributed by atoms with Crippen molar-refractivity contribution in [2.45, 2.75) is 5.92 Å². The molecule has 1 aromatic carbocycles. The first-order valence-corrected chi connectivity index (χ1v) is 5.62. The van der Waals surface area contributed by atoms with Crippen LogP contribution >= 0.6 is 11.8 Å². The lowest BCUT2D eigenvalue weighted by molar-refractivity contribution is 0.592. The highest BCUT2D eigenvalue weighted by Crippen LogP contribution is 2.21. The predicted molar refractivity (Wildman–Crippen MR) is 56.6 cm³/mol. The summed E-state index contributed by atoms with van der Waals surface area (Å²) in [6.45, 7) is 0.502. The van der Waals surface area contributed by atoms with Crippen LogP contribution in [0.3, 0.4) is 0 Å². The summed E-state index contributed by atoms with van der Waals surface area (Å²) in [4.78, 5) is 0. The average molecular weight is 199 g/mol. The average Bonchev–Trinajstić information content (AvgIpc) is 2.16. The van der Waals surface area contributed by atoms with Gasteiger partial charge in [-0.3, -0.25) is 0 Å². The molecular weight excluding hydrogens is 185 g/mol. The Morgan fingerprint density at radius 3 is 2.69 bits per heavy atom. The Balaban J connectivity index is 2.84. The third kappa shape index (κ3) is 2.71. The summed E-state index contributed by atoms with van der Waals surface area (Å²) in [5, 5.41) is 0. The standard InChI is InChI=1S/C10H14FNS/c1-13-7-8(6-12)9-4-2-3-5-10(9)11/h2-5,8H,6-7,12H2,1H3. The SMILES string of the molecule is CSCC(CN)c1ccccc1F. The Kier molecular flexibility index (Phi) is 4.25. The van der Waals surface area contributed by atoms with Crippen molar-refractivity contribution in [3.8, 4) is 0 Å². The van der Waals surface area contributed by atoms with Crippen LogP contribution in [-0.4, -0.2) is 18.6 Å². The van der Waals surface area contributed by atoms with Crippen molar-refractivity contribution < 1.29 is 4.39 Å². The molecule has 1 nitrogen and oxygen atoms in total. The molecule has 1 atom stereocenters. The lowest BCUT2D eigenvalue weighted by Crippen LogP contribution is -2.15. The van der Waals surface area contributed by atoms with Crippen LogP contribution in [0.25, 0.3) is 0 Å². The molecule has 2 N–H and O–H groups in total. The normalized spacial score (nSPS) is 12.8. The zero-order valence-corrected chi connectivity index (χ0v) is 8.48. The highest BCUT2D eigenvalue weighted by molar-refractivity contribution is 7.98. The van der Waals surface area contributed by atoms with Crippen LogP contribution in [-0.2, 0) is 0 Å². The van der Waals surface area contributed by atoms with Crippen LogP contribution in [0.4, 0.5) is 4.39 Å². The summed E-state index contributed by atoms with van der Waals surface area (Å²) in [7, 11) is 0. The first-order chi connectivity index (χ1) is 6.29. The lowest BCUT2D eigenvalue weighted by atomic mass is 10.0. The molecule has 0 spiro atoms. The summed E-state index contributed by atoms with van der Waals surface area (Å²) >= 11 is 1.69. The third-order valence-electron chi connectivity index (χ3n) is 2.00. The molecule has 0 radical (unpaired) electrons. The van der Waals surface area contributed by atoms with Gasteiger partial charge in [-0.1, -0.05) is 18.2 Å². The van der Waals surface area contributed by atoms with E-state index in [1.807, 2.05) is 18.4 Å². The van der Waals surface area contributed by atoms with Gasteiger partial charge in [0.05, 0.1) is 0 Å². The van der Waals surface area contributed by atoms with Gasteiger partial charge in [-0.05, 0) is 17.9 Å². The molecule has 0 fully saturated rings. The van der Waals surface area contributed by atoms with Gasteiger partial charge in [-0.25, -0.2) is 4.39 Å². The fourth-order valence-corrected chi connectivity index (χ4v) is 2.01. The van der Waals surface area contributed by atoms with Crippen molar-refractivity contribution in [3.63, 3.8) is 0 Å². The van der Waals surface area contributed by atoms with Crippen molar-refractivity contribution >= 4 is 11.8 Å². The van der Waals surface area contributed by atoms with Crippen LogP contribution in [0.2, 0.25) is 0 Å². The van der Waals surface area contributed by atoms with Crippen LogP contribution in [0.5, 0.6) is 0 Å². The minimum absolute atomic E-state index is 0.135. The van der Waals surface area contributed by atoms with Crippen molar-refractivity contribution in [1.82, 2.24) is 0 Å². The monoisotopic (exact) mass is 199 g/mol. The first kappa shape index (κ1) is 10.5. The Bertz CT molecular complexity index is 265. The fourth-order valence-electron chi connectivity index (χ4n) is 1.29. The minimum Gasteiger partial charge on any atom is -0.330 e. The molecule has 0 aromatic heterocycles. The number of benzene rings is 1. The van der Waals surface area contributed by atoms with E-state index >= 15 is 0 Å². The van der Waals surface area contributed by atoms with E-state index in [1.54, 1.807) is 17.8 Å². The molecule has 0 amide bonds. The van der Waals surface area contributed by atoms with Crippen molar-refractivity contribution in [1.29, 1.82) is 0 Å². The van der Waals surface area contributed by atoms with Crippen LogP contribution in [0.1, 0.15) is 11.5 Å². The minimum atomic E-state index is -0.146. The molecule has 1 aromatic rings. The Labute approximate surface area is 82.5 Å².